The summed E-state index contributed by atoms with van der Waals surface area (Å²) in [7, 11) is 0. The molecule has 5 aromatic rings. The zero-order valence-corrected chi connectivity index (χ0v) is 14.1. The van der Waals surface area contributed by atoms with E-state index in [9.17, 15) is 4.79 Å². The smallest absolute Gasteiger partial charge is 0.434 e. The Morgan fingerprint density at radius 1 is 0.846 bits per heavy atom. The zero-order valence-electron chi connectivity index (χ0n) is 14.1. The van der Waals surface area contributed by atoms with Crippen molar-refractivity contribution in [2.45, 2.75) is 6.92 Å². The zero-order chi connectivity index (χ0) is 17.7. The number of hydrogen-bond acceptors (Lipinski definition) is 3. The predicted octanol–water partition coefficient (Wildman–Crippen LogP) is 5.49. The number of carbonyl (C=O) groups excluding carboxylic acids is 1. The molecule has 26 heavy (non-hydrogen) atoms. The van der Waals surface area contributed by atoms with Crippen LogP contribution in [0.4, 0.5) is 4.79 Å². The van der Waals surface area contributed by atoms with Crippen molar-refractivity contribution in [1.29, 1.82) is 0 Å². The Morgan fingerprint density at radius 2 is 1.38 bits per heavy atom. The van der Waals surface area contributed by atoms with Crippen LogP contribution in [-0.2, 0) is 4.74 Å². The monoisotopic (exact) mass is 344 g/mol. The average Bonchev–Trinajstić information content (AvgIpc) is 3.21. The van der Waals surface area contributed by atoms with Crippen LogP contribution in [0, 0.1) is 0 Å². The standard InChI is InChI=1S/C21H16N2O3/c1-2-25-21(24)26-20-18-14(12-7-3-5-9-16(12)22-18)11-15-13-8-4-6-10-17(13)23-19(15)20/h3-11,22-23H,2H2,1H3. The Kier molecular flexibility index (Phi) is 3.15. The fraction of sp³-hybridized carbons (Fsp3) is 0.0952. The summed E-state index contributed by atoms with van der Waals surface area (Å²) >= 11 is 0. The lowest BCUT2D eigenvalue weighted by Gasteiger charge is -2.07. The van der Waals surface area contributed by atoms with E-state index in [0.717, 1.165) is 43.6 Å². The van der Waals surface area contributed by atoms with Gasteiger partial charge in [0.2, 0.25) is 0 Å². The first-order valence-corrected chi connectivity index (χ1v) is 8.54. The molecule has 0 spiro atoms. The van der Waals surface area contributed by atoms with Crippen LogP contribution in [0.5, 0.6) is 5.75 Å². The normalized spacial score (nSPS) is 11.6. The number of rotatable bonds is 2. The van der Waals surface area contributed by atoms with E-state index >= 15 is 0 Å². The summed E-state index contributed by atoms with van der Waals surface area (Å²) in [6.07, 6.45) is -0.710. The van der Waals surface area contributed by atoms with Crippen LogP contribution in [0.1, 0.15) is 6.92 Å². The lowest BCUT2D eigenvalue weighted by atomic mass is 10.1. The number of benzene rings is 3. The maximum Gasteiger partial charge on any atom is 0.513 e. The molecule has 2 heterocycles. The number of hydrogen-bond donors (Lipinski definition) is 2. The molecule has 2 aromatic heterocycles. The van der Waals surface area contributed by atoms with Crippen LogP contribution in [0.2, 0.25) is 0 Å². The molecule has 2 N–H and O–H groups in total. The summed E-state index contributed by atoms with van der Waals surface area (Å²) in [5.74, 6) is 0.461. The van der Waals surface area contributed by atoms with E-state index in [4.69, 9.17) is 9.47 Å². The molecule has 0 amide bonds. The van der Waals surface area contributed by atoms with Crippen LogP contribution in [-0.4, -0.2) is 22.7 Å². The summed E-state index contributed by atoms with van der Waals surface area (Å²) < 4.78 is 10.6. The van der Waals surface area contributed by atoms with Crippen molar-refractivity contribution in [3.05, 3.63) is 54.6 Å². The number of fused-ring (bicyclic) bond motifs is 6. The third-order valence-electron chi connectivity index (χ3n) is 4.68. The number of aromatic nitrogens is 2. The molecular formula is C21H16N2O3. The molecule has 0 fully saturated rings. The van der Waals surface area contributed by atoms with E-state index < -0.39 is 6.16 Å². The first-order valence-electron chi connectivity index (χ1n) is 8.54. The second-order valence-corrected chi connectivity index (χ2v) is 6.18. The van der Waals surface area contributed by atoms with Gasteiger partial charge in [-0.1, -0.05) is 36.4 Å². The highest BCUT2D eigenvalue weighted by molar-refractivity contribution is 6.20. The van der Waals surface area contributed by atoms with Crippen molar-refractivity contribution in [3.8, 4) is 5.75 Å². The summed E-state index contributed by atoms with van der Waals surface area (Å²) in [6.45, 7) is 2.01. The summed E-state index contributed by atoms with van der Waals surface area (Å²) in [5.41, 5.74) is 3.54. The number of carbonyl (C=O) groups is 1. The lowest BCUT2D eigenvalue weighted by molar-refractivity contribution is 0.105. The lowest BCUT2D eigenvalue weighted by Crippen LogP contribution is -2.10. The molecule has 0 unspecified atom stereocenters. The van der Waals surface area contributed by atoms with Gasteiger partial charge in [-0.15, -0.1) is 0 Å². The molecule has 5 nitrogen and oxygen atoms in total. The second-order valence-electron chi connectivity index (χ2n) is 6.18. The molecular weight excluding hydrogens is 328 g/mol. The Bertz CT molecular complexity index is 1210. The SMILES string of the molecule is CCOC(=O)Oc1c2[nH]c3ccccc3c2cc2c1[nH]c1ccccc12. The minimum Gasteiger partial charge on any atom is -0.434 e. The largest absolute Gasteiger partial charge is 0.513 e. The van der Waals surface area contributed by atoms with Gasteiger partial charge in [0.25, 0.3) is 0 Å². The van der Waals surface area contributed by atoms with Gasteiger partial charge >= 0.3 is 6.16 Å². The maximum absolute atomic E-state index is 12.1. The number of ether oxygens (including phenoxy) is 2. The van der Waals surface area contributed by atoms with Crippen LogP contribution < -0.4 is 4.74 Å². The third kappa shape index (κ3) is 2.07. The van der Waals surface area contributed by atoms with Crippen molar-refractivity contribution >= 4 is 49.8 Å². The Hall–Kier alpha value is -3.47. The molecule has 3 aromatic carbocycles. The highest BCUT2D eigenvalue weighted by atomic mass is 16.7. The van der Waals surface area contributed by atoms with E-state index in [2.05, 4.69) is 28.2 Å². The highest BCUT2D eigenvalue weighted by Crippen LogP contribution is 2.40. The van der Waals surface area contributed by atoms with Gasteiger partial charge < -0.3 is 19.4 Å². The highest BCUT2D eigenvalue weighted by Gasteiger charge is 2.19. The van der Waals surface area contributed by atoms with E-state index in [1.807, 2.05) is 36.4 Å². The van der Waals surface area contributed by atoms with Gasteiger partial charge in [-0.25, -0.2) is 4.79 Å². The summed E-state index contributed by atoms with van der Waals surface area (Å²) in [5, 5.41) is 4.20. The maximum atomic E-state index is 12.1. The van der Waals surface area contributed by atoms with Crippen LogP contribution >= 0.6 is 0 Å². The number of H-pyrrole nitrogens is 2. The van der Waals surface area contributed by atoms with Crippen LogP contribution in [0.3, 0.4) is 0 Å². The quantitative estimate of drug-likeness (QED) is 0.329. The number of aromatic amines is 2. The van der Waals surface area contributed by atoms with Gasteiger partial charge in [0.15, 0.2) is 5.75 Å². The predicted molar refractivity (Wildman–Crippen MR) is 103 cm³/mol. The average molecular weight is 344 g/mol. The second kappa shape index (κ2) is 5.52. The Labute approximate surface area is 148 Å². The molecule has 0 aliphatic heterocycles. The molecule has 0 saturated carbocycles. The topological polar surface area (TPSA) is 67.1 Å². The van der Waals surface area contributed by atoms with Gasteiger partial charge in [0.1, 0.15) is 0 Å². The molecule has 0 bridgehead atoms. The molecule has 0 saturated heterocycles. The van der Waals surface area contributed by atoms with Gasteiger partial charge in [-0.3, -0.25) is 0 Å². The van der Waals surface area contributed by atoms with Crippen molar-refractivity contribution in [2.75, 3.05) is 6.61 Å². The fourth-order valence-corrected chi connectivity index (χ4v) is 3.59. The van der Waals surface area contributed by atoms with E-state index in [-0.39, 0.29) is 6.61 Å². The van der Waals surface area contributed by atoms with E-state index in [1.165, 1.54) is 0 Å². The molecule has 0 aliphatic carbocycles. The molecule has 0 radical (unpaired) electrons. The number of nitrogens with one attached hydrogen (secondary N) is 2. The summed E-state index contributed by atoms with van der Waals surface area (Å²) in [4.78, 5) is 18.8. The van der Waals surface area contributed by atoms with Crippen molar-refractivity contribution in [2.24, 2.45) is 0 Å². The minimum atomic E-state index is -0.710. The van der Waals surface area contributed by atoms with Crippen molar-refractivity contribution in [1.82, 2.24) is 9.97 Å². The third-order valence-corrected chi connectivity index (χ3v) is 4.68. The minimum absolute atomic E-state index is 0.261. The fourth-order valence-electron chi connectivity index (χ4n) is 3.59. The van der Waals surface area contributed by atoms with Crippen molar-refractivity contribution in [3.63, 3.8) is 0 Å². The molecule has 5 rings (SSSR count). The Morgan fingerprint density at radius 3 is 1.92 bits per heavy atom. The Balaban J connectivity index is 1.92. The van der Waals surface area contributed by atoms with E-state index in [1.54, 1.807) is 6.92 Å². The van der Waals surface area contributed by atoms with Crippen molar-refractivity contribution < 1.29 is 14.3 Å². The first-order chi connectivity index (χ1) is 12.8. The van der Waals surface area contributed by atoms with Gasteiger partial charge in [-0.05, 0) is 25.1 Å². The van der Waals surface area contributed by atoms with E-state index in [0.29, 0.717) is 5.75 Å². The first kappa shape index (κ1) is 14.8. The van der Waals surface area contributed by atoms with Crippen LogP contribution in [0.25, 0.3) is 43.6 Å². The van der Waals surface area contributed by atoms with Crippen LogP contribution in [0.15, 0.2) is 54.6 Å². The van der Waals surface area contributed by atoms with Gasteiger partial charge in [0.05, 0.1) is 17.6 Å². The number of para-hydroxylation sites is 2. The molecule has 128 valence electrons. The van der Waals surface area contributed by atoms with Gasteiger partial charge in [0, 0.05) is 32.6 Å². The molecule has 0 aliphatic rings. The molecule has 0 atom stereocenters. The van der Waals surface area contributed by atoms with Gasteiger partial charge in [-0.2, -0.15) is 0 Å². The summed E-state index contributed by atoms with van der Waals surface area (Å²) in [6, 6.07) is 18.2. The molecule has 5 heteroatoms.